The van der Waals surface area contributed by atoms with Gasteiger partial charge in [0, 0.05) is 43.8 Å². The summed E-state index contributed by atoms with van der Waals surface area (Å²) in [4.78, 5) is 18.7. The van der Waals surface area contributed by atoms with Gasteiger partial charge >= 0.3 is 12.1 Å². The maximum Gasteiger partial charge on any atom is 0.490 e. The maximum absolute atomic E-state index is 12.7. The molecule has 2 N–H and O–H groups in total. The van der Waals surface area contributed by atoms with E-state index in [1.165, 1.54) is 23.6 Å². The fourth-order valence-corrected chi connectivity index (χ4v) is 6.34. The van der Waals surface area contributed by atoms with Crippen LogP contribution >= 0.6 is 34.3 Å². The van der Waals surface area contributed by atoms with Crippen LogP contribution in [0.25, 0.3) is 0 Å². The number of aryl methyl sites for hydroxylation is 2. The number of thiophene rings is 1. The largest absolute Gasteiger partial charge is 0.490 e. The van der Waals surface area contributed by atoms with Crippen molar-refractivity contribution in [3.8, 4) is 0 Å². The number of rotatable bonds is 7. The molecule has 10 nitrogen and oxygen atoms in total. The lowest BCUT2D eigenvalue weighted by molar-refractivity contribution is -0.192. The van der Waals surface area contributed by atoms with Gasteiger partial charge < -0.3 is 10.0 Å². The Balaban J connectivity index is 0.000000505. The van der Waals surface area contributed by atoms with Crippen molar-refractivity contribution in [2.45, 2.75) is 38.0 Å². The molecule has 208 valence electrons. The first-order chi connectivity index (χ1) is 17.8. The molecular formula is C21H24ClF3N6O4S3. The summed E-state index contributed by atoms with van der Waals surface area (Å²) in [5.41, 5.74) is 1.07. The first-order valence-corrected chi connectivity index (χ1v) is 14.6. The topological polar surface area (TPSA) is 129 Å². The minimum absolute atomic E-state index is 0.0701. The summed E-state index contributed by atoms with van der Waals surface area (Å²) in [7, 11) is -3.69. The summed E-state index contributed by atoms with van der Waals surface area (Å²) < 4.78 is 59.7. The predicted octanol–water partition coefficient (Wildman–Crippen LogP) is 3.70. The normalized spacial score (nSPS) is 14.7. The number of alkyl halides is 3. The third-order valence-electron chi connectivity index (χ3n) is 5.34. The zero-order chi connectivity index (χ0) is 28.1. The Morgan fingerprint density at radius 2 is 1.87 bits per heavy atom. The van der Waals surface area contributed by atoms with Crippen molar-refractivity contribution in [3.05, 3.63) is 49.2 Å². The molecule has 0 amide bonds. The summed E-state index contributed by atoms with van der Waals surface area (Å²) in [5, 5.41) is 19.6. The number of hydrogen-bond acceptors (Lipinski definition) is 10. The van der Waals surface area contributed by atoms with E-state index >= 15 is 0 Å². The number of anilines is 1. The molecule has 1 aliphatic rings. The zero-order valence-corrected chi connectivity index (χ0v) is 23.4. The summed E-state index contributed by atoms with van der Waals surface area (Å²) in [6.45, 7) is 8.15. The molecule has 0 bridgehead atoms. The minimum Gasteiger partial charge on any atom is -0.475 e. The van der Waals surface area contributed by atoms with Crippen molar-refractivity contribution in [1.29, 1.82) is 0 Å². The second-order valence-electron chi connectivity index (χ2n) is 8.11. The van der Waals surface area contributed by atoms with E-state index in [2.05, 4.69) is 29.7 Å². The fraction of sp³-hybridized carbons (Fsp3) is 0.429. The molecule has 1 saturated heterocycles. The number of sulfonamides is 1. The van der Waals surface area contributed by atoms with Gasteiger partial charge in [0.1, 0.15) is 20.7 Å². The number of pyridine rings is 1. The molecule has 0 spiro atoms. The van der Waals surface area contributed by atoms with Crippen LogP contribution in [-0.4, -0.2) is 71.9 Å². The van der Waals surface area contributed by atoms with E-state index < -0.39 is 22.2 Å². The lowest BCUT2D eigenvalue weighted by Gasteiger charge is -2.35. The van der Waals surface area contributed by atoms with Crippen LogP contribution in [0.3, 0.4) is 0 Å². The SMILES string of the molecule is Cc1nnc(CN2CCN(c3ncc(S(=O)(=O)NCc4sccc4C)cc3Cl)CC2)s1.O=C(O)C(F)(F)F. The van der Waals surface area contributed by atoms with Crippen molar-refractivity contribution in [3.63, 3.8) is 0 Å². The molecule has 38 heavy (non-hydrogen) atoms. The Kier molecular flexibility index (Phi) is 10.0. The molecule has 17 heteroatoms. The third kappa shape index (κ3) is 8.31. The Hall–Kier alpha value is -2.37. The van der Waals surface area contributed by atoms with Crippen molar-refractivity contribution in [1.82, 2.24) is 24.8 Å². The van der Waals surface area contributed by atoms with Crippen LogP contribution in [0, 0.1) is 13.8 Å². The van der Waals surface area contributed by atoms with Gasteiger partial charge in [0.15, 0.2) is 0 Å². The standard InChI is InChI=1S/C19H23ClN6O2S3.C2HF3O2/c1-13-3-8-29-17(13)11-22-31(27,28)15-9-16(20)19(21-10-15)26-6-4-25(5-7-26)12-18-24-23-14(2)30-18;3-2(4,5)1(6)7/h3,8-10,22H,4-7,11-12H2,1-2H3;(H,6,7). The molecule has 4 rings (SSSR count). The Morgan fingerprint density at radius 3 is 2.37 bits per heavy atom. The summed E-state index contributed by atoms with van der Waals surface area (Å²) in [5.74, 6) is -2.14. The van der Waals surface area contributed by atoms with Crippen molar-refractivity contribution >= 4 is 56.1 Å². The lowest BCUT2D eigenvalue weighted by atomic mass is 10.3. The number of halogens is 4. The van der Waals surface area contributed by atoms with Crippen LogP contribution in [-0.2, 0) is 27.9 Å². The third-order valence-corrected chi connectivity index (χ3v) is 8.83. The molecule has 0 atom stereocenters. The number of hydrogen-bond donors (Lipinski definition) is 2. The molecule has 3 aromatic rings. The molecule has 1 fully saturated rings. The highest BCUT2D eigenvalue weighted by Crippen LogP contribution is 2.27. The number of nitrogens with one attached hydrogen (secondary N) is 1. The quantitative estimate of drug-likeness (QED) is 0.410. The van der Waals surface area contributed by atoms with E-state index in [0.717, 1.165) is 53.2 Å². The molecule has 3 aromatic heterocycles. The van der Waals surface area contributed by atoms with Gasteiger partial charge in [-0.1, -0.05) is 11.6 Å². The average Bonchev–Trinajstić information content (AvgIpc) is 3.45. The van der Waals surface area contributed by atoms with Crippen LogP contribution in [0.4, 0.5) is 19.0 Å². The summed E-state index contributed by atoms with van der Waals surface area (Å²) in [6.07, 6.45) is -3.71. The first kappa shape index (κ1) is 30.2. The number of aromatic nitrogens is 3. The van der Waals surface area contributed by atoms with E-state index in [-0.39, 0.29) is 11.4 Å². The van der Waals surface area contributed by atoms with E-state index in [4.69, 9.17) is 21.5 Å². The zero-order valence-electron chi connectivity index (χ0n) is 20.2. The second kappa shape index (κ2) is 12.7. The first-order valence-electron chi connectivity index (χ1n) is 11.0. The molecule has 0 aliphatic carbocycles. The Labute approximate surface area is 230 Å². The van der Waals surface area contributed by atoms with Crippen LogP contribution in [0.2, 0.25) is 5.02 Å². The molecule has 0 unspecified atom stereocenters. The highest BCUT2D eigenvalue weighted by molar-refractivity contribution is 7.89. The van der Waals surface area contributed by atoms with Gasteiger partial charge in [-0.3, -0.25) is 4.90 Å². The van der Waals surface area contributed by atoms with Gasteiger partial charge in [-0.05, 0) is 36.9 Å². The highest BCUT2D eigenvalue weighted by Gasteiger charge is 2.38. The molecule has 4 heterocycles. The van der Waals surface area contributed by atoms with E-state index in [0.29, 0.717) is 10.8 Å². The molecular weight excluding hydrogens is 589 g/mol. The fourth-order valence-electron chi connectivity index (χ4n) is 3.33. The van der Waals surface area contributed by atoms with E-state index in [9.17, 15) is 21.6 Å². The highest BCUT2D eigenvalue weighted by atomic mass is 35.5. The van der Waals surface area contributed by atoms with Gasteiger partial charge in [0.2, 0.25) is 10.0 Å². The summed E-state index contributed by atoms with van der Waals surface area (Å²) in [6, 6.07) is 3.44. The molecule has 0 radical (unpaired) electrons. The van der Waals surface area contributed by atoms with E-state index in [1.54, 1.807) is 11.3 Å². The maximum atomic E-state index is 12.7. The number of carbonyl (C=O) groups is 1. The molecule has 0 saturated carbocycles. The number of piperazine rings is 1. The van der Waals surface area contributed by atoms with Crippen molar-refractivity contribution < 1.29 is 31.5 Å². The average molecular weight is 613 g/mol. The van der Waals surface area contributed by atoms with Gasteiger partial charge in [0.25, 0.3) is 0 Å². The number of carboxylic acid groups (broad SMARTS) is 1. The van der Waals surface area contributed by atoms with Crippen LogP contribution in [0.15, 0.2) is 28.6 Å². The van der Waals surface area contributed by atoms with Crippen molar-refractivity contribution in [2.75, 3.05) is 31.1 Å². The minimum atomic E-state index is -5.08. The monoisotopic (exact) mass is 612 g/mol. The Morgan fingerprint density at radius 1 is 1.21 bits per heavy atom. The van der Waals surface area contributed by atoms with Crippen LogP contribution in [0.5, 0.6) is 0 Å². The number of carboxylic acids is 1. The lowest BCUT2D eigenvalue weighted by Crippen LogP contribution is -2.46. The van der Waals surface area contributed by atoms with Gasteiger partial charge in [0.05, 0.1) is 11.6 Å². The van der Waals surface area contributed by atoms with Crippen LogP contribution < -0.4 is 9.62 Å². The second-order valence-corrected chi connectivity index (χ2v) is 12.5. The van der Waals surface area contributed by atoms with Crippen LogP contribution in [0.1, 0.15) is 20.5 Å². The molecule has 0 aromatic carbocycles. The smallest absolute Gasteiger partial charge is 0.475 e. The van der Waals surface area contributed by atoms with Crippen molar-refractivity contribution in [2.24, 2.45) is 0 Å². The number of nitrogens with zero attached hydrogens (tertiary/aromatic N) is 5. The van der Waals surface area contributed by atoms with Gasteiger partial charge in [-0.2, -0.15) is 13.2 Å². The predicted molar refractivity (Wildman–Crippen MR) is 138 cm³/mol. The van der Waals surface area contributed by atoms with Gasteiger partial charge in [-0.25, -0.2) is 22.9 Å². The van der Waals surface area contributed by atoms with E-state index in [1.807, 2.05) is 25.3 Å². The number of aliphatic carboxylic acids is 1. The van der Waals surface area contributed by atoms with Gasteiger partial charge in [-0.15, -0.1) is 32.9 Å². The Bertz CT molecular complexity index is 1360. The summed E-state index contributed by atoms with van der Waals surface area (Å²) >= 11 is 9.58. The molecule has 1 aliphatic heterocycles.